The number of fused-ring (bicyclic) bond motifs is 1. The Morgan fingerprint density at radius 3 is 2.21 bits per heavy atom. The Kier molecular flexibility index (Phi) is 6.26. The molecule has 1 saturated heterocycles. The molecule has 34 heavy (non-hydrogen) atoms. The number of thiophene rings is 1. The van der Waals surface area contributed by atoms with Crippen LogP contribution in [0.1, 0.15) is 21.9 Å². The summed E-state index contributed by atoms with van der Waals surface area (Å²) in [4.78, 5) is 40.8. The van der Waals surface area contributed by atoms with Gasteiger partial charge in [0.25, 0.3) is 0 Å². The van der Waals surface area contributed by atoms with Crippen molar-refractivity contribution in [3.05, 3.63) is 105 Å². The van der Waals surface area contributed by atoms with Gasteiger partial charge in [-0.25, -0.2) is 4.79 Å². The van der Waals surface area contributed by atoms with Crippen LogP contribution in [0.3, 0.4) is 0 Å². The molecule has 2 N–H and O–H groups in total. The van der Waals surface area contributed by atoms with Crippen LogP contribution in [0.15, 0.2) is 88.7 Å². The smallest absolute Gasteiger partial charge is 0.334 e. The van der Waals surface area contributed by atoms with Gasteiger partial charge in [0.05, 0.1) is 18.5 Å². The SMILES string of the molecule is O=C(Cc1cccs1)NC1C(=O)N2CC(C(=O)O)=C(C(c3ccccc3)c3ccccc3)S[C@H]12. The maximum Gasteiger partial charge on any atom is 0.334 e. The second kappa shape index (κ2) is 9.48. The Labute approximate surface area is 205 Å². The molecule has 3 aromatic rings. The Morgan fingerprint density at radius 1 is 1.00 bits per heavy atom. The van der Waals surface area contributed by atoms with Gasteiger partial charge in [-0.3, -0.25) is 9.59 Å². The van der Waals surface area contributed by atoms with Gasteiger partial charge in [-0.1, -0.05) is 66.7 Å². The van der Waals surface area contributed by atoms with Crippen LogP contribution in [-0.4, -0.2) is 45.8 Å². The number of thioether (sulfide) groups is 1. The van der Waals surface area contributed by atoms with E-state index in [2.05, 4.69) is 5.32 Å². The van der Waals surface area contributed by atoms with Gasteiger partial charge < -0.3 is 15.3 Å². The first-order valence-corrected chi connectivity index (χ1v) is 12.6. The van der Waals surface area contributed by atoms with Crippen molar-refractivity contribution in [3.8, 4) is 0 Å². The fraction of sp³-hybridized carbons (Fsp3) is 0.192. The topological polar surface area (TPSA) is 86.7 Å². The maximum atomic E-state index is 12.8. The standard InChI is InChI=1S/C26H22N2O4S2/c29-20(14-18-12-7-13-33-18)27-22-24(30)28-15-19(26(31)32)23(34-25(22)28)21(16-8-3-1-4-9-16)17-10-5-2-6-11-17/h1-13,21-22,25H,14-15H2,(H,27,29)(H,31,32)/t22?,25-/m1/s1. The summed E-state index contributed by atoms with van der Waals surface area (Å²) in [6.07, 6.45) is 0.221. The van der Waals surface area contributed by atoms with E-state index in [9.17, 15) is 19.5 Å². The number of carbonyl (C=O) groups excluding carboxylic acids is 2. The highest BCUT2D eigenvalue weighted by molar-refractivity contribution is 8.04. The van der Waals surface area contributed by atoms with Gasteiger partial charge >= 0.3 is 5.97 Å². The number of hydrogen-bond acceptors (Lipinski definition) is 5. The summed E-state index contributed by atoms with van der Waals surface area (Å²) in [6, 6.07) is 22.7. The number of carboxylic acid groups (broad SMARTS) is 1. The van der Waals surface area contributed by atoms with Crippen LogP contribution in [0.25, 0.3) is 0 Å². The molecule has 6 nitrogen and oxygen atoms in total. The lowest BCUT2D eigenvalue weighted by molar-refractivity contribution is -0.148. The molecule has 2 atom stereocenters. The molecule has 1 unspecified atom stereocenters. The quantitative estimate of drug-likeness (QED) is 0.491. The molecule has 2 amide bonds. The van der Waals surface area contributed by atoms with E-state index < -0.39 is 12.0 Å². The van der Waals surface area contributed by atoms with Gasteiger partial charge in [0.1, 0.15) is 11.4 Å². The van der Waals surface area contributed by atoms with Crippen LogP contribution >= 0.6 is 23.1 Å². The highest BCUT2D eigenvalue weighted by Crippen LogP contribution is 2.49. The van der Waals surface area contributed by atoms with Crippen molar-refractivity contribution in [3.63, 3.8) is 0 Å². The zero-order valence-electron chi connectivity index (χ0n) is 18.1. The van der Waals surface area contributed by atoms with Gasteiger partial charge in [0, 0.05) is 15.7 Å². The Balaban J connectivity index is 1.46. The molecule has 1 aromatic heterocycles. The summed E-state index contributed by atoms with van der Waals surface area (Å²) in [5.41, 5.74) is 2.18. The number of rotatable bonds is 7. The van der Waals surface area contributed by atoms with Crippen molar-refractivity contribution in [1.82, 2.24) is 10.2 Å². The summed E-state index contributed by atoms with van der Waals surface area (Å²) in [5.74, 6) is -1.77. The van der Waals surface area contributed by atoms with E-state index in [0.717, 1.165) is 16.0 Å². The molecular formula is C26H22N2O4S2. The fourth-order valence-corrected chi connectivity index (χ4v) is 6.70. The summed E-state index contributed by atoms with van der Waals surface area (Å²) in [7, 11) is 0. The van der Waals surface area contributed by atoms with Crippen molar-refractivity contribution < 1.29 is 19.5 Å². The van der Waals surface area contributed by atoms with Crippen molar-refractivity contribution in [2.45, 2.75) is 23.8 Å². The molecule has 2 aromatic carbocycles. The Bertz CT molecular complexity index is 1200. The molecule has 5 rings (SSSR count). The summed E-state index contributed by atoms with van der Waals surface area (Å²) in [6.45, 7) is 0.0224. The third kappa shape index (κ3) is 4.26. The van der Waals surface area contributed by atoms with Crippen LogP contribution in [-0.2, 0) is 20.8 Å². The lowest BCUT2D eigenvalue weighted by Gasteiger charge is -2.50. The molecule has 172 valence electrons. The van der Waals surface area contributed by atoms with Crippen LogP contribution in [0, 0.1) is 0 Å². The van der Waals surface area contributed by atoms with Gasteiger partial charge in [-0.05, 0) is 22.6 Å². The van der Waals surface area contributed by atoms with Crippen molar-refractivity contribution in [2.75, 3.05) is 6.54 Å². The summed E-state index contributed by atoms with van der Waals surface area (Å²) >= 11 is 2.87. The van der Waals surface area contributed by atoms with E-state index in [1.807, 2.05) is 78.2 Å². The molecule has 0 spiro atoms. The van der Waals surface area contributed by atoms with E-state index in [4.69, 9.17) is 0 Å². The second-order valence-corrected chi connectivity index (χ2v) is 10.4. The van der Waals surface area contributed by atoms with Gasteiger partial charge in [-0.2, -0.15) is 0 Å². The third-order valence-electron chi connectivity index (χ3n) is 6.03. The normalized spacial score (nSPS) is 19.6. The third-order valence-corrected chi connectivity index (χ3v) is 8.41. The molecule has 0 radical (unpaired) electrons. The minimum Gasteiger partial charge on any atom is -0.478 e. The largest absolute Gasteiger partial charge is 0.478 e. The predicted molar refractivity (Wildman–Crippen MR) is 132 cm³/mol. The van der Waals surface area contributed by atoms with Crippen molar-refractivity contribution >= 4 is 40.9 Å². The van der Waals surface area contributed by atoms with E-state index in [1.165, 1.54) is 23.1 Å². The first-order chi connectivity index (χ1) is 16.5. The Hall–Kier alpha value is -3.36. The zero-order chi connectivity index (χ0) is 23.7. The van der Waals surface area contributed by atoms with E-state index in [0.29, 0.717) is 4.91 Å². The molecule has 0 bridgehead atoms. The Morgan fingerprint density at radius 2 is 1.65 bits per heavy atom. The lowest BCUT2D eigenvalue weighted by atomic mass is 9.88. The molecule has 8 heteroatoms. The van der Waals surface area contributed by atoms with Gasteiger partial charge in [0.2, 0.25) is 11.8 Å². The molecule has 0 aliphatic carbocycles. The number of nitrogens with one attached hydrogen (secondary N) is 1. The number of aliphatic carboxylic acids is 1. The maximum absolute atomic E-state index is 12.8. The first kappa shape index (κ1) is 22.4. The first-order valence-electron chi connectivity index (χ1n) is 10.9. The number of carboxylic acids is 1. The van der Waals surface area contributed by atoms with E-state index in [1.54, 1.807) is 4.90 Å². The highest BCUT2D eigenvalue weighted by atomic mass is 32.2. The number of nitrogens with zero attached hydrogens (tertiary/aromatic N) is 1. The number of amides is 2. The number of carbonyl (C=O) groups is 3. The van der Waals surface area contributed by atoms with Crippen molar-refractivity contribution in [2.24, 2.45) is 0 Å². The van der Waals surface area contributed by atoms with Gasteiger partial charge in [0.15, 0.2) is 0 Å². The van der Waals surface area contributed by atoms with E-state index in [-0.39, 0.29) is 41.6 Å². The average Bonchev–Trinajstić information content (AvgIpc) is 3.36. The van der Waals surface area contributed by atoms with Crippen molar-refractivity contribution in [1.29, 1.82) is 0 Å². The predicted octanol–water partition coefficient (Wildman–Crippen LogP) is 3.86. The monoisotopic (exact) mass is 490 g/mol. The van der Waals surface area contributed by atoms with Gasteiger partial charge in [-0.15, -0.1) is 23.1 Å². The molecular weight excluding hydrogens is 468 g/mol. The lowest BCUT2D eigenvalue weighted by Crippen LogP contribution is -2.70. The average molecular weight is 491 g/mol. The number of β-lactam (4-membered cyclic amide) rings is 1. The molecule has 3 heterocycles. The van der Waals surface area contributed by atoms with Crippen LogP contribution in [0.4, 0.5) is 0 Å². The number of allylic oxidation sites excluding steroid dienone is 1. The minimum absolute atomic E-state index is 0.0224. The van der Waals surface area contributed by atoms with Crippen LogP contribution in [0.2, 0.25) is 0 Å². The highest BCUT2D eigenvalue weighted by Gasteiger charge is 2.53. The van der Waals surface area contributed by atoms with Crippen LogP contribution < -0.4 is 5.32 Å². The van der Waals surface area contributed by atoms with E-state index >= 15 is 0 Å². The summed E-state index contributed by atoms with van der Waals surface area (Å²) in [5, 5.41) is 14.5. The number of benzene rings is 2. The van der Waals surface area contributed by atoms with Crippen LogP contribution in [0.5, 0.6) is 0 Å². The minimum atomic E-state index is -1.03. The fourth-order valence-electron chi connectivity index (χ4n) is 4.40. The molecule has 1 fully saturated rings. The zero-order valence-corrected chi connectivity index (χ0v) is 19.7. The summed E-state index contributed by atoms with van der Waals surface area (Å²) < 4.78 is 0. The molecule has 0 saturated carbocycles. The molecule has 2 aliphatic heterocycles. The number of hydrogen-bond donors (Lipinski definition) is 2. The second-order valence-electron chi connectivity index (χ2n) is 8.18. The molecule has 2 aliphatic rings.